The lowest BCUT2D eigenvalue weighted by molar-refractivity contribution is -0.0772. The van der Waals surface area contributed by atoms with Crippen LogP contribution in [0.3, 0.4) is 0 Å². The molecule has 0 aromatic heterocycles. The molecule has 1 aliphatic heterocycles. The first kappa shape index (κ1) is 18.0. The third-order valence-corrected chi connectivity index (χ3v) is 4.30. The molecule has 0 saturated carbocycles. The van der Waals surface area contributed by atoms with Gasteiger partial charge in [0, 0.05) is 13.7 Å². The summed E-state index contributed by atoms with van der Waals surface area (Å²) in [6, 6.07) is 18.8. The van der Waals surface area contributed by atoms with Gasteiger partial charge in [0.2, 0.25) is 0 Å². The lowest BCUT2D eigenvalue weighted by atomic mass is 9.97. The normalized spacial score (nSPS) is 20.5. The van der Waals surface area contributed by atoms with E-state index < -0.39 is 24.3 Å². The Balaban J connectivity index is 1.92. The van der Waals surface area contributed by atoms with Gasteiger partial charge >= 0.3 is 6.09 Å². The molecule has 1 saturated heterocycles. The van der Waals surface area contributed by atoms with E-state index in [1.165, 1.54) is 7.11 Å². The highest BCUT2D eigenvalue weighted by Gasteiger charge is 2.47. The van der Waals surface area contributed by atoms with Gasteiger partial charge < -0.3 is 14.2 Å². The average Bonchev–Trinajstić information content (AvgIpc) is 3.00. The second kappa shape index (κ2) is 8.52. The number of carbonyl (C=O) groups excluding carboxylic acids is 1. The van der Waals surface area contributed by atoms with E-state index in [-0.39, 0.29) is 6.79 Å². The van der Waals surface area contributed by atoms with Crippen molar-refractivity contribution in [1.82, 2.24) is 4.90 Å². The van der Waals surface area contributed by atoms with E-state index in [1.54, 1.807) is 4.90 Å². The minimum Gasteiger partial charge on any atom is -0.439 e. The number of nitrogens with zero attached hydrogens (tertiary/aromatic N) is 1. The fourth-order valence-electron chi connectivity index (χ4n) is 3.10. The maximum absolute atomic E-state index is 12.6. The quantitative estimate of drug-likeness (QED) is 0.567. The van der Waals surface area contributed by atoms with Gasteiger partial charge in [-0.25, -0.2) is 4.79 Å². The van der Waals surface area contributed by atoms with Crippen molar-refractivity contribution in [2.75, 3.05) is 13.9 Å². The van der Waals surface area contributed by atoms with Gasteiger partial charge in [0.25, 0.3) is 0 Å². The van der Waals surface area contributed by atoms with Crippen molar-refractivity contribution < 1.29 is 19.0 Å². The lowest BCUT2D eigenvalue weighted by Crippen LogP contribution is -2.43. The number of ether oxygens (including phenoxy) is 3. The molecular weight excluding hydrogens is 330 g/mol. The molecule has 1 unspecified atom stereocenters. The number of benzene rings is 2. The smallest absolute Gasteiger partial charge is 0.411 e. The largest absolute Gasteiger partial charge is 0.439 e. The standard InChI is InChI=1S/C21H21NO4/c1-3-18(25-15-24-2)19-20(17-12-8-5-9-13-17)26-21(23)22(19)14-16-10-6-4-7-11-16/h1,4-13,18-20H,14-15H2,2H3/t18?,19-,20+/m0/s1. The van der Waals surface area contributed by atoms with E-state index >= 15 is 0 Å². The number of cyclic esters (lactones) is 1. The van der Waals surface area contributed by atoms with Crippen LogP contribution in [0.2, 0.25) is 0 Å². The van der Waals surface area contributed by atoms with Crippen LogP contribution in [0.4, 0.5) is 4.79 Å². The molecule has 5 heteroatoms. The summed E-state index contributed by atoms with van der Waals surface area (Å²) >= 11 is 0. The second-order valence-corrected chi connectivity index (χ2v) is 5.98. The predicted molar refractivity (Wildman–Crippen MR) is 97.0 cm³/mol. The average molecular weight is 351 g/mol. The number of carbonyl (C=O) groups is 1. The van der Waals surface area contributed by atoms with Gasteiger partial charge in [-0.15, -0.1) is 6.42 Å². The Morgan fingerprint density at radius 1 is 1.15 bits per heavy atom. The maximum Gasteiger partial charge on any atom is 0.411 e. The zero-order valence-corrected chi connectivity index (χ0v) is 14.6. The van der Waals surface area contributed by atoms with Gasteiger partial charge in [0.1, 0.15) is 18.9 Å². The number of methoxy groups -OCH3 is 1. The highest BCUT2D eigenvalue weighted by atomic mass is 16.7. The first-order valence-electron chi connectivity index (χ1n) is 8.37. The molecule has 0 radical (unpaired) electrons. The minimum absolute atomic E-state index is 0.0419. The Morgan fingerprint density at radius 3 is 2.42 bits per heavy atom. The SMILES string of the molecule is C#CC(OCOC)[C@H]1[C@@H](c2ccccc2)OC(=O)N1Cc1ccccc1. The molecule has 0 spiro atoms. The van der Waals surface area contributed by atoms with E-state index in [0.29, 0.717) is 6.54 Å². The number of hydrogen-bond donors (Lipinski definition) is 0. The molecule has 2 aromatic rings. The minimum atomic E-state index is -0.657. The molecule has 5 nitrogen and oxygen atoms in total. The topological polar surface area (TPSA) is 48.0 Å². The molecule has 0 N–H and O–H groups in total. The molecule has 0 bridgehead atoms. The summed E-state index contributed by atoms with van der Waals surface area (Å²) in [5.41, 5.74) is 1.87. The highest BCUT2D eigenvalue weighted by molar-refractivity contribution is 5.71. The van der Waals surface area contributed by atoms with Gasteiger partial charge in [0.15, 0.2) is 6.10 Å². The van der Waals surface area contributed by atoms with Crippen molar-refractivity contribution in [1.29, 1.82) is 0 Å². The van der Waals surface area contributed by atoms with Crippen molar-refractivity contribution in [2.45, 2.75) is 24.8 Å². The zero-order valence-electron chi connectivity index (χ0n) is 14.6. The molecular formula is C21H21NO4. The highest BCUT2D eigenvalue weighted by Crippen LogP contribution is 2.36. The van der Waals surface area contributed by atoms with Gasteiger partial charge in [-0.3, -0.25) is 4.90 Å². The van der Waals surface area contributed by atoms with E-state index in [2.05, 4.69) is 5.92 Å². The zero-order chi connectivity index (χ0) is 18.4. The summed E-state index contributed by atoms with van der Waals surface area (Å²) in [6.07, 6.45) is 4.14. The van der Waals surface area contributed by atoms with Crippen LogP contribution in [-0.2, 0) is 20.8 Å². The third kappa shape index (κ3) is 3.88. The molecule has 3 atom stereocenters. The summed E-state index contributed by atoms with van der Waals surface area (Å²) in [5, 5.41) is 0. The molecule has 134 valence electrons. The van der Waals surface area contributed by atoms with Crippen LogP contribution in [0.25, 0.3) is 0 Å². The summed E-state index contributed by atoms with van der Waals surface area (Å²) in [6.45, 7) is 0.433. The van der Waals surface area contributed by atoms with Gasteiger partial charge in [-0.2, -0.15) is 0 Å². The molecule has 26 heavy (non-hydrogen) atoms. The molecule has 2 aromatic carbocycles. The van der Waals surface area contributed by atoms with Gasteiger partial charge in [0.05, 0.1) is 0 Å². The van der Waals surface area contributed by atoms with Gasteiger partial charge in [-0.1, -0.05) is 66.6 Å². The van der Waals surface area contributed by atoms with Crippen LogP contribution in [0.15, 0.2) is 60.7 Å². The number of amides is 1. The van der Waals surface area contributed by atoms with Crippen LogP contribution in [0.1, 0.15) is 17.2 Å². The van der Waals surface area contributed by atoms with E-state index in [4.69, 9.17) is 20.6 Å². The number of hydrogen-bond acceptors (Lipinski definition) is 4. The second-order valence-electron chi connectivity index (χ2n) is 5.98. The lowest BCUT2D eigenvalue weighted by Gasteiger charge is -2.29. The molecule has 3 rings (SSSR count). The van der Waals surface area contributed by atoms with Crippen LogP contribution >= 0.6 is 0 Å². The Bertz CT molecular complexity index is 757. The Hall–Kier alpha value is -2.81. The third-order valence-electron chi connectivity index (χ3n) is 4.30. The molecule has 1 amide bonds. The van der Waals surface area contributed by atoms with E-state index in [0.717, 1.165) is 11.1 Å². The first-order chi connectivity index (χ1) is 12.7. The van der Waals surface area contributed by atoms with Crippen LogP contribution in [0.5, 0.6) is 0 Å². The molecule has 1 fully saturated rings. The predicted octanol–water partition coefficient (Wildman–Crippen LogP) is 3.37. The maximum atomic E-state index is 12.6. The summed E-state index contributed by atoms with van der Waals surface area (Å²) in [5.74, 6) is 2.64. The molecule has 0 aliphatic carbocycles. The van der Waals surface area contributed by atoms with Gasteiger partial charge in [-0.05, 0) is 11.1 Å². The fourth-order valence-corrected chi connectivity index (χ4v) is 3.10. The van der Waals surface area contributed by atoms with Crippen LogP contribution in [-0.4, -0.2) is 37.0 Å². The van der Waals surface area contributed by atoms with Crippen molar-refractivity contribution in [2.24, 2.45) is 0 Å². The number of terminal acetylenes is 1. The fraction of sp³-hybridized carbons (Fsp3) is 0.286. The summed E-state index contributed by atoms with van der Waals surface area (Å²) in [4.78, 5) is 14.2. The van der Waals surface area contributed by atoms with Crippen molar-refractivity contribution >= 4 is 6.09 Å². The van der Waals surface area contributed by atoms with Crippen LogP contribution < -0.4 is 0 Å². The Morgan fingerprint density at radius 2 is 1.81 bits per heavy atom. The van der Waals surface area contributed by atoms with Crippen molar-refractivity contribution in [3.8, 4) is 12.3 Å². The van der Waals surface area contributed by atoms with Crippen molar-refractivity contribution in [3.63, 3.8) is 0 Å². The monoisotopic (exact) mass is 351 g/mol. The Labute approximate surface area is 153 Å². The Kier molecular flexibility index (Phi) is 5.90. The first-order valence-corrected chi connectivity index (χ1v) is 8.37. The van der Waals surface area contributed by atoms with E-state index in [9.17, 15) is 4.79 Å². The van der Waals surface area contributed by atoms with Crippen molar-refractivity contribution in [3.05, 3.63) is 71.8 Å². The van der Waals surface area contributed by atoms with E-state index in [1.807, 2.05) is 60.7 Å². The number of rotatable bonds is 7. The molecule has 1 heterocycles. The molecule has 1 aliphatic rings. The summed E-state index contributed by atoms with van der Waals surface area (Å²) in [7, 11) is 1.53. The summed E-state index contributed by atoms with van der Waals surface area (Å²) < 4.78 is 16.3. The van der Waals surface area contributed by atoms with Crippen LogP contribution in [0, 0.1) is 12.3 Å².